The average molecular weight is 99.0 g/mol. The van der Waals surface area contributed by atoms with Crippen LogP contribution in [0.5, 0.6) is 0 Å². The number of hydrogen-bond acceptors (Lipinski definition) is 1. The molecule has 0 aliphatic carbocycles. The topological polar surface area (TPSA) is 80.4 Å². The van der Waals surface area contributed by atoms with Gasteiger partial charge < -0.3 is 4.89 Å². The molecule has 5 heavy (non-hydrogen) atoms. The van der Waals surface area contributed by atoms with Crippen molar-refractivity contribution < 1.29 is 19.2 Å². The second-order valence-corrected chi connectivity index (χ2v) is 1.63. The first-order valence-electron chi connectivity index (χ1n) is 0.806. The maximum atomic E-state index is 8.99. The van der Waals surface area contributed by atoms with Gasteiger partial charge >= 0.3 is 7.82 Å². The highest BCUT2D eigenvalue weighted by Gasteiger charge is 2.10. The smallest absolute Gasteiger partial charge is 0.368 e. The fourth-order valence-electron chi connectivity index (χ4n) is 0. The standard InChI is InChI=1S/H3O4P/c1-5(2,3)4/h(H3,1,2,3,4)/p+1. The van der Waals surface area contributed by atoms with Crippen LogP contribution >= 0.6 is 7.82 Å². The van der Waals surface area contributed by atoms with E-state index in [9.17, 15) is 0 Å². The van der Waals surface area contributed by atoms with Gasteiger partial charge in [0.2, 0.25) is 0 Å². The Bertz CT molecular complexity index is 49.8. The lowest BCUT2D eigenvalue weighted by molar-refractivity contribution is 0.275. The molecule has 0 spiro atoms. The van der Waals surface area contributed by atoms with Gasteiger partial charge in [0.15, 0.2) is 0 Å². The van der Waals surface area contributed by atoms with E-state index in [0.717, 1.165) is 0 Å². The Morgan fingerprint density at radius 3 is 1.60 bits per heavy atom. The maximum Gasteiger partial charge on any atom is 0.628 e. The van der Waals surface area contributed by atoms with Crippen LogP contribution in [-0.4, -0.2) is 14.7 Å². The predicted octanol–water partition coefficient (Wildman–Crippen LogP) is -1.20. The summed E-state index contributed by atoms with van der Waals surface area (Å²) in [5, 5.41) is 0. The van der Waals surface area contributed by atoms with Gasteiger partial charge in [0.25, 0.3) is 0 Å². The fourth-order valence-corrected chi connectivity index (χ4v) is 0. The van der Waals surface area contributed by atoms with Gasteiger partial charge in [-0.1, -0.05) is 0 Å². The van der Waals surface area contributed by atoms with Crippen molar-refractivity contribution in [3.63, 3.8) is 0 Å². The molecule has 4 N–H and O–H groups in total. The van der Waals surface area contributed by atoms with Crippen LogP contribution in [-0.2, 0) is 4.57 Å². The lowest BCUT2D eigenvalue weighted by Gasteiger charge is -1.75. The molecule has 0 radical (unpaired) electrons. The summed E-state index contributed by atoms with van der Waals surface area (Å²) in [6.45, 7) is 0. The van der Waals surface area contributed by atoms with Crippen molar-refractivity contribution in [1.82, 2.24) is 0 Å². The van der Waals surface area contributed by atoms with E-state index in [1.165, 1.54) is 0 Å². The zero-order valence-electron chi connectivity index (χ0n) is 2.25. The van der Waals surface area contributed by atoms with E-state index in [4.69, 9.17) is 19.2 Å². The van der Waals surface area contributed by atoms with Crippen LogP contribution in [0.15, 0.2) is 0 Å². The SMILES string of the molecule is O=P(O)(O)[OH2+]. The minimum absolute atomic E-state index is 4.39. The molecule has 0 atom stereocenters. The molecule has 32 valence electrons. The third-order valence-corrected chi connectivity index (χ3v) is 0. The fraction of sp³-hybridized carbons (Fsp3) is 0. The first-order chi connectivity index (χ1) is 2.00. The summed E-state index contributed by atoms with van der Waals surface area (Å²) in [7, 11) is -4.39. The minimum atomic E-state index is -4.39. The highest BCUT2D eigenvalue weighted by Crippen LogP contribution is 2.25. The van der Waals surface area contributed by atoms with E-state index in [0.29, 0.717) is 0 Å². The van der Waals surface area contributed by atoms with E-state index in [2.05, 4.69) is 0 Å². The van der Waals surface area contributed by atoms with Crippen molar-refractivity contribution in [1.29, 1.82) is 0 Å². The lowest BCUT2D eigenvalue weighted by atomic mass is 15.8. The molecular formula is H4O4P+. The summed E-state index contributed by atoms with van der Waals surface area (Å²) >= 11 is 0. The van der Waals surface area contributed by atoms with Crippen molar-refractivity contribution in [3.8, 4) is 0 Å². The normalized spacial score (nSPS) is 11.8. The second-order valence-electron chi connectivity index (χ2n) is 0.544. The van der Waals surface area contributed by atoms with Crippen LogP contribution < -0.4 is 0 Å². The molecule has 0 heterocycles. The van der Waals surface area contributed by atoms with Crippen LogP contribution in [0.3, 0.4) is 0 Å². The van der Waals surface area contributed by atoms with Crippen LogP contribution in [0, 0.1) is 0 Å². The summed E-state index contributed by atoms with van der Waals surface area (Å²) in [6.07, 6.45) is 0. The van der Waals surface area contributed by atoms with E-state index < -0.39 is 7.82 Å². The van der Waals surface area contributed by atoms with Gasteiger partial charge in [-0.3, -0.25) is 9.79 Å². The molecule has 0 bridgehead atoms. The van der Waals surface area contributed by atoms with Crippen LogP contribution in [0.1, 0.15) is 0 Å². The maximum absolute atomic E-state index is 8.99. The predicted molar refractivity (Wildman–Crippen MR) is 15.7 cm³/mol. The van der Waals surface area contributed by atoms with Crippen molar-refractivity contribution in [2.45, 2.75) is 0 Å². The molecule has 5 heteroatoms. The zero-order valence-corrected chi connectivity index (χ0v) is 3.14. The van der Waals surface area contributed by atoms with Gasteiger partial charge in [-0.25, -0.2) is 0 Å². The molecule has 0 rings (SSSR count). The summed E-state index contributed by atoms with van der Waals surface area (Å²) in [4.78, 5) is 20.2. The van der Waals surface area contributed by atoms with Crippen LogP contribution in [0.25, 0.3) is 0 Å². The van der Waals surface area contributed by atoms with Gasteiger partial charge in [-0.05, 0) is 0 Å². The van der Waals surface area contributed by atoms with Gasteiger partial charge in [0.1, 0.15) is 0 Å². The Morgan fingerprint density at radius 2 is 1.60 bits per heavy atom. The minimum Gasteiger partial charge on any atom is -0.368 e. The molecule has 0 aliphatic rings. The Morgan fingerprint density at radius 1 is 1.60 bits per heavy atom. The molecule has 0 aromatic heterocycles. The Kier molecular flexibility index (Phi) is 1.09. The second kappa shape index (κ2) is 1.06. The Labute approximate surface area is 28.3 Å². The molecule has 0 aromatic rings. The summed E-state index contributed by atoms with van der Waals surface area (Å²) < 4.78 is 8.99. The monoisotopic (exact) mass is 99.0 g/mol. The summed E-state index contributed by atoms with van der Waals surface area (Å²) in [5.74, 6) is 0. The van der Waals surface area contributed by atoms with Gasteiger partial charge in [-0.2, -0.15) is 4.57 Å². The number of hydrogen-bond donors (Lipinski definition) is 2. The molecule has 0 saturated heterocycles. The van der Waals surface area contributed by atoms with Crippen molar-refractivity contribution >= 4 is 7.82 Å². The average Bonchev–Trinajstić information content (AvgIpc) is 0.722. The largest absolute Gasteiger partial charge is 0.628 e. The Hall–Kier alpha value is 0.110. The highest BCUT2D eigenvalue weighted by atomic mass is 31.2. The van der Waals surface area contributed by atoms with E-state index in [1.54, 1.807) is 0 Å². The molecule has 0 aliphatic heterocycles. The number of rotatable bonds is 0. The zero-order chi connectivity index (χ0) is 4.50. The van der Waals surface area contributed by atoms with Crippen molar-refractivity contribution in [3.05, 3.63) is 0 Å². The lowest BCUT2D eigenvalue weighted by Crippen LogP contribution is -1.66. The van der Waals surface area contributed by atoms with Crippen LogP contribution in [0.4, 0.5) is 0 Å². The quantitative estimate of drug-likeness (QED) is 0.295. The van der Waals surface area contributed by atoms with Gasteiger partial charge in [0, 0.05) is 0 Å². The van der Waals surface area contributed by atoms with E-state index >= 15 is 0 Å². The third kappa shape index (κ3) is 1510. The van der Waals surface area contributed by atoms with Crippen LogP contribution in [0.2, 0.25) is 0 Å². The molecule has 4 nitrogen and oxygen atoms in total. The molecule has 0 saturated carbocycles. The van der Waals surface area contributed by atoms with Crippen molar-refractivity contribution in [2.75, 3.05) is 0 Å². The molecular weight excluding hydrogens is 95.0 g/mol. The molecule has 0 unspecified atom stereocenters. The van der Waals surface area contributed by atoms with E-state index in [1.807, 2.05) is 0 Å². The highest BCUT2D eigenvalue weighted by molar-refractivity contribution is 7.45. The summed E-state index contributed by atoms with van der Waals surface area (Å²) in [6, 6.07) is 0. The third-order valence-electron chi connectivity index (χ3n) is 0. The summed E-state index contributed by atoms with van der Waals surface area (Å²) in [5.41, 5.74) is 0. The first kappa shape index (κ1) is 5.11. The van der Waals surface area contributed by atoms with Crippen molar-refractivity contribution in [2.24, 2.45) is 0 Å². The van der Waals surface area contributed by atoms with Gasteiger partial charge in [-0.15, -0.1) is 0 Å². The van der Waals surface area contributed by atoms with E-state index in [-0.39, 0.29) is 0 Å². The first-order valence-corrected chi connectivity index (χ1v) is 2.42. The molecule has 0 aromatic carbocycles. The molecule has 0 fully saturated rings. The van der Waals surface area contributed by atoms with Gasteiger partial charge in [0.05, 0.1) is 0 Å². The Balaban J connectivity index is 3.47. The molecule has 0 amide bonds.